The molecule has 0 radical (unpaired) electrons. The smallest absolute Gasteiger partial charge is 0.308 e. The minimum Gasteiger partial charge on any atom is -0.481 e. The van der Waals surface area contributed by atoms with Gasteiger partial charge in [0, 0.05) is 19.2 Å². The summed E-state index contributed by atoms with van der Waals surface area (Å²) in [4.78, 5) is 24.5. The van der Waals surface area contributed by atoms with Crippen molar-refractivity contribution in [1.82, 2.24) is 4.90 Å². The van der Waals surface area contributed by atoms with Gasteiger partial charge in [-0.15, -0.1) is 0 Å². The highest BCUT2D eigenvalue weighted by Crippen LogP contribution is 2.16. The van der Waals surface area contributed by atoms with Crippen LogP contribution >= 0.6 is 0 Å². The average molecular weight is 249 g/mol. The summed E-state index contributed by atoms with van der Waals surface area (Å²) in [5, 5.41) is 8.85. The Hall–Kier alpha value is -1.84. The van der Waals surface area contributed by atoms with E-state index in [1.165, 1.54) is 4.90 Å². The summed E-state index contributed by atoms with van der Waals surface area (Å²) < 4.78 is 0. The average Bonchev–Trinajstić information content (AvgIpc) is 2.28. The molecule has 1 unspecified atom stereocenters. The molecule has 4 nitrogen and oxygen atoms in total. The monoisotopic (exact) mass is 249 g/mol. The molecule has 0 fully saturated rings. The molecule has 18 heavy (non-hydrogen) atoms. The molecule has 1 aromatic rings. The van der Waals surface area contributed by atoms with Gasteiger partial charge in [-0.05, 0) is 25.0 Å². The summed E-state index contributed by atoms with van der Waals surface area (Å²) in [6, 6.07) is 5.67. The van der Waals surface area contributed by atoms with Crippen LogP contribution in [0.4, 0.5) is 0 Å². The molecule has 1 rings (SSSR count). The Morgan fingerprint density at radius 2 is 1.78 bits per heavy atom. The van der Waals surface area contributed by atoms with E-state index in [2.05, 4.69) is 0 Å². The summed E-state index contributed by atoms with van der Waals surface area (Å²) >= 11 is 0. The number of nitrogens with zero attached hydrogens (tertiary/aromatic N) is 1. The fourth-order valence-electron chi connectivity index (χ4n) is 1.91. The first-order valence-corrected chi connectivity index (χ1v) is 5.89. The maximum Gasteiger partial charge on any atom is 0.308 e. The van der Waals surface area contributed by atoms with Crippen LogP contribution in [0.15, 0.2) is 18.2 Å². The highest BCUT2D eigenvalue weighted by Gasteiger charge is 2.20. The molecule has 0 aromatic heterocycles. The number of rotatable bonds is 4. The minimum absolute atomic E-state index is 0.126. The van der Waals surface area contributed by atoms with Gasteiger partial charge >= 0.3 is 5.97 Å². The van der Waals surface area contributed by atoms with Crippen molar-refractivity contribution in [3.05, 3.63) is 34.9 Å². The molecular formula is C14H19NO3. The molecule has 1 amide bonds. The Labute approximate surface area is 107 Å². The van der Waals surface area contributed by atoms with Gasteiger partial charge in [0.1, 0.15) is 0 Å². The maximum absolute atomic E-state index is 12.3. The van der Waals surface area contributed by atoms with E-state index in [0.29, 0.717) is 5.56 Å². The molecule has 0 saturated heterocycles. The third kappa shape index (κ3) is 3.09. The number of carboxylic acids is 1. The van der Waals surface area contributed by atoms with Crippen molar-refractivity contribution in [3.8, 4) is 0 Å². The van der Waals surface area contributed by atoms with Crippen molar-refractivity contribution in [2.45, 2.75) is 20.8 Å². The first-order valence-electron chi connectivity index (χ1n) is 5.89. The van der Waals surface area contributed by atoms with E-state index in [9.17, 15) is 9.59 Å². The topological polar surface area (TPSA) is 57.6 Å². The van der Waals surface area contributed by atoms with Crippen LogP contribution in [0.25, 0.3) is 0 Å². The van der Waals surface area contributed by atoms with Crippen LogP contribution in [0.5, 0.6) is 0 Å². The molecule has 0 saturated carbocycles. The molecular weight excluding hydrogens is 230 g/mol. The minimum atomic E-state index is -0.892. The molecule has 98 valence electrons. The molecule has 0 aliphatic carbocycles. The lowest BCUT2D eigenvalue weighted by Crippen LogP contribution is -2.34. The SMILES string of the molecule is Cc1cccc(C)c1C(=O)N(C)CC(C)C(=O)O. The summed E-state index contributed by atoms with van der Waals surface area (Å²) in [7, 11) is 1.63. The second kappa shape index (κ2) is 5.67. The second-order valence-electron chi connectivity index (χ2n) is 4.69. The molecule has 1 aromatic carbocycles. The molecule has 0 aliphatic rings. The molecule has 0 bridgehead atoms. The summed E-state index contributed by atoms with van der Waals surface area (Å²) in [6.07, 6.45) is 0. The van der Waals surface area contributed by atoms with Crippen LogP contribution in [0, 0.1) is 19.8 Å². The quantitative estimate of drug-likeness (QED) is 0.889. The van der Waals surface area contributed by atoms with Gasteiger partial charge in [-0.3, -0.25) is 9.59 Å². The lowest BCUT2D eigenvalue weighted by molar-refractivity contribution is -0.141. The summed E-state index contributed by atoms with van der Waals surface area (Å²) in [6.45, 7) is 5.57. The Balaban J connectivity index is 2.90. The largest absolute Gasteiger partial charge is 0.481 e. The van der Waals surface area contributed by atoms with Gasteiger partial charge in [0.2, 0.25) is 0 Å². The van der Waals surface area contributed by atoms with Crippen LogP contribution in [-0.2, 0) is 4.79 Å². The van der Waals surface area contributed by atoms with E-state index in [-0.39, 0.29) is 12.5 Å². The van der Waals surface area contributed by atoms with Crippen molar-refractivity contribution in [3.63, 3.8) is 0 Å². The molecule has 1 atom stereocenters. The van der Waals surface area contributed by atoms with Gasteiger partial charge in [-0.1, -0.05) is 25.1 Å². The highest BCUT2D eigenvalue weighted by molar-refractivity contribution is 5.97. The summed E-state index contributed by atoms with van der Waals surface area (Å²) in [5.74, 6) is -1.59. The number of aryl methyl sites for hydroxylation is 2. The van der Waals surface area contributed by atoms with Crippen LogP contribution in [0.2, 0.25) is 0 Å². The number of carbonyl (C=O) groups is 2. The summed E-state index contributed by atoms with van der Waals surface area (Å²) in [5.41, 5.74) is 2.49. The van der Waals surface area contributed by atoms with Crippen LogP contribution in [0.3, 0.4) is 0 Å². The van der Waals surface area contributed by atoms with E-state index >= 15 is 0 Å². The molecule has 0 heterocycles. The molecule has 0 aliphatic heterocycles. The van der Waals surface area contributed by atoms with E-state index in [1.54, 1.807) is 14.0 Å². The Morgan fingerprint density at radius 3 is 2.22 bits per heavy atom. The Bertz CT molecular complexity index is 448. The predicted octanol–water partition coefficient (Wildman–Crippen LogP) is 2.10. The van der Waals surface area contributed by atoms with Crippen molar-refractivity contribution in [2.75, 3.05) is 13.6 Å². The zero-order valence-corrected chi connectivity index (χ0v) is 11.2. The Morgan fingerprint density at radius 1 is 1.28 bits per heavy atom. The van der Waals surface area contributed by atoms with Crippen LogP contribution in [-0.4, -0.2) is 35.5 Å². The molecule has 0 spiro atoms. The fraction of sp³-hybridized carbons (Fsp3) is 0.429. The van der Waals surface area contributed by atoms with Gasteiger partial charge in [0.15, 0.2) is 0 Å². The number of carboxylic acid groups (broad SMARTS) is 1. The standard InChI is InChI=1S/C14H19NO3/c1-9-6-5-7-10(2)12(9)13(16)15(4)8-11(3)14(17)18/h5-7,11H,8H2,1-4H3,(H,17,18). The van der Waals surface area contributed by atoms with Crippen molar-refractivity contribution >= 4 is 11.9 Å². The first-order chi connectivity index (χ1) is 8.34. The van der Waals surface area contributed by atoms with Gasteiger partial charge in [-0.25, -0.2) is 0 Å². The van der Waals surface area contributed by atoms with E-state index < -0.39 is 11.9 Å². The lowest BCUT2D eigenvalue weighted by atomic mass is 10.0. The van der Waals surface area contributed by atoms with Crippen LogP contribution < -0.4 is 0 Å². The van der Waals surface area contributed by atoms with Crippen LogP contribution in [0.1, 0.15) is 28.4 Å². The third-order valence-corrected chi connectivity index (χ3v) is 3.01. The van der Waals surface area contributed by atoms with Gasteiger partial charge in [0.25, 0.3) is 5.91 Å². The lowest BCUT2D eigenvalue weighted by Gasteiger charge is -2.21. The van der Waals surface area contributed by atoms with Crippen molar-refractivity contribution in [1.29, 1.82) is 0 Å². The van der Waals surface area contributed by atoms with E-state index in [0.717, 1.165) is 11.1 Å². The number of carbonyl (C=O) groups excluding carboxylic acids is 1. The number of aliphatic carboxylic acids is 1. The zero-order valence-electron chi connectivity index (χ0n) is 11.2. The maximum atomic E-state index is 12.3. The Kier molecular flexibility index (Phi) is 4.48. The highest BCUT2D eigenvalue weighted by atomic mass is 16.4. The van der Waals surface area contributed by atoms with Crippen molar-refractivity contribution in [2.24, 2.45) is 5.92 Å². The van der Waals surface area contributed by atoms with Gasteiger partial charge in [-0.2, -0.15) is 0 Å². The second-order valence-corrected chi connectivity index (χ2v) is 4.69. The fourth-order valence-corrected chi connectivity index (χ4v) is 1.91. The number of amides is 1. The number of benzene rings is 1. The number of hydrogen-bond donors (Lipinski definition) is 1. The van der Waals surface area contributed by atoms with E-state index in [4.69, 9.17) is 5.11 Å². The van der Waals surface area contributed by atoms with E-state index in [1.807, 2.05) is 32.0 Å². The third-order valence-electron chi connectivity index (χ3n) is 3.01. The first kappa shape index (κ1) is 14.2. The van der Waals surface area contributed by atoms with Crippen molar-refractivity contribution < 1.29 is 14.7 Å². The molecule has 1 N–H and O–H groups in total. The normalized spacial score (nSPS) is 12.0. The zero-order chi connectivity index (χ0) is 13.9. The molecule has 4 heteroatoms. The predicted molar refractivity (Wildman–Crippen MR) is 69.7 cm³/mol. The number of hydrogen-bond acceptors (Lipinski definition) is 2. The van der Waals surface area contributed by atoms with Gasteiger partial charge < -0.3 is 10.0 Å². The van der Waals surface area contributed by atoms with Gasteiger partial charge in [0.05, 0.1) is 5.92 Å².